The fraction of sp³-hybridized carbons (Fsp3) is 0.348. The molecule has 4 rings (SSSR count). The van der Waals surface area contributed by atoms with Gasteiger partial charge in [0.2, 0.25) is 5.91 Å². The molecule has 0 aliphatic carbocycles. The van der Waals surface area contributed by atoms with Gasteiger partial charge in [-0.2, -0.15) is 0 Å². The van der Waals surface area contributed by atoms with Crippen molar-refractivity contribution in [1.29, 1.82) is 0 Å². The molecule has 1 saturated heterocycles. The van der Waals surface area contributed by atoms with Gasteiger partial charge in [-0.25, -0.2) is 4.98 Å². The number of anilines is 2. The highest BCUT2D eigenvalue weighted by Crippen LogP contribution is 2.20. The minimum atomic E-state index is -0.230. The SMILES string of the molecule is CC(c1nc2ccccc2c(=O)[nH]1)N(C)CC(=O)Nc1ccc(N2CCOCC2)cc1. The minimum absolute atomic E-state index is 0.128. The smallest absolute Gasteiger partial charge is 0.258 e. The molecule has 0 spiro atoms. The molecule has 3 aromatic rings. The van der Waals surface area contributed by atoms with Crippen molar-refractivity contribution in [2.45, 2.75) is 13.0 Å². The van der Waals surface area contributed by atoms with E-state index in [0.29, 0.717) is 16.7 Å². The summed E-state index contributed by atoms with van der Waals surface area (Å²) < 4.78 is 5.39. The van der Waals surface area contributed by atoms with Crippen LogP contribution in [0.2, 0.25) is 0 Å². The molecular weight excluding hydrogens is 394 g/mol. The fourth-order valence-electron chi connectivity index (χ4n) is 3.65. The highest BCUT2D eigenvalue weighted by Gasteiger charge is 2.18. The number of nitrogens with one attached hydrogen (secondary N) is 2. The molecule has 2 heterocycles. The molecule has 162 valence electrons. The van der Waals surface area contributed by atoms with Crippen molar-refractivity contribution in [1.82, 2.24) is 14.9 Å². The van der Waals surface area contributed by atoms with Gasteiger partial charge in [0.1, 0.15) is 5.82 Å². The maximum atomic E-state index is 12.6. The molecule has 1 amide bonds. The van der Waals surface area contributed by atoms with Crippen LogP contribution in [0.4, 0.5) is 11.4 Å². The highest BCUT2D eigenvalue weighted by atomic mass is 16.5. The summed E-state index contributed by atoms with van der Waals surface area (Å²) in [5.74, 6) is 0.408. The van der Waals surface area contributed by atoms with E-state index >= 15 is 0 Å². The number of benzene rings is 2. The summed E-state index contributed by atoms with van der Waals surface area (Å²) in [5, 5.41) is 3.49. The number of fused-ring (bicyclic) bond motifs is 1. The average Bonchev–Trinajstić information content (AvgIpc) is 2.79. The van der Waals surface area contributed by atoms with Crippen molar-refractivity contribution in [2.75, 3.05) is 50.1 Å². The van der Waals surface area contributed by atoms with Crippen LogP contribution in [0.1, 0.15) is 18.8 Å². The standard InChI is InChI=1S/C23H27N5O3/c1-16(22-25-20-6-4-3-5-19(20)23(30)26-22)27(2)15-21(29)24-17-7-9-18(10-8-17)28-11-13-31-14-12-28/h3-10,16H,11-15H2,1-2H3,(H,24,29)(H,25,26,30). The number of carbonyl (C=O) groups is 1. The number of para-hydroxylation sites is 1. The Morgan fingerprint density at radius 1 is 1.19 bits per heavy atom. The summed E-state index contributed by atoms with van der Waals surface area (Å²) in [6.07, 6.45) is 0. The molecule has 1 atom stereocenters. The predicted molar refractivity (Wildman–Crippen MR) is 122 cm³/mol. The predicted octanol–water partition coefficient (Wildman–Crippen LogP) is 2.39. The number of hydrogen-bond donors (Lipinski definition) is 2. The number of morpholine rings is 1. The van der Waals surface area contributed by atoms with E-state index in [1.54, 1.807) is 6.07 Å². The number of H-pyrrole nitrogens is 1. The molecule has 1 aliphatic heterocycles. The number of carbonyl (C=O) groups excluding carboxylic acids is 1. The lowest BCUT2D eigenvalue weighted by Gasteiger charge is -2.29. The largest absolute Gasteiger partial charge is 0.378 e. The van der Waals surface area contributed by atoms with Crippen LogP contribution in [0, 0.1) is 0 Å². The summed E-state index contributed by atoms with van der Waals surface area (Å²) in [4.78, 5) is 36.4. The van der Waals surface area contributed by atoms with Crippen LogP contribution in [-0.4, -0.2) is 60.7 Å². The quantitative estimate of drug-likeness (QED) is 0.635. The van der Waals surface area contributed by atoms with Crippen LogP contribution in [0.25, 0.3) is 10.9 Å². The first-order chi connectivity index (χ1) is 15.0. The van der Waals surface area contributed by atoms with Crippen LogP contribution >= 0.6 is 0 Å². The molecule has 31 heavy (non-hydrogen) atoms. The van der Waals surface area contributed by atoms with Crippen LogP contribution < -0.4 is 15.8 Å². The second kappa shape index (κ2) is 9.28. The molecule has 2 N–H and O–H groups in total. The maximum Gasteiger partial charge on any atom is 0.258 e. The van der Waals surface area contributed by atoms with Crippen molar-refractivity contribution in [2.24, 2.45) is 0 Å². The molecule has 1 unspecified atom stereocenters. The van der Waals surface area contributed by atoms with Gasteiger partial charge in [-0.1, -0.05) is 12.1 Å². The number of aromatic amines is 1. The second-order valence-electron chi connectivity index (χ2n) is 7.75. The first-order valence-corrected chi connectivity index (χ1v) is 10.4. The molecular formula is C23H27N5O3. The Balaban J connectivity index is 1.37. The third-order valence-electron chi connectivity index (χ3n) is 5.61. The first-order valence-electron chi connectivity index (χ1n) is 10.4. The summed E-state index contributed by atoms with van der Waals surface area (Å²) >= 11 is 0. The lowest BCUT2D eigenvalue weighted by Crippen LogP contribution is -2.36. The fourth-order valence-corrected chi connectivity index (χ4v) is 3.65. The Bertz CT molecular complexity index is 1110. The van der Waals surface area contributed by atoms with Gasteiger partial charge in [0.05, 0.1) is 36.7 Å². The average molecular weight is 422 g/mol. The van der Waals surface area contributed by atoms with Gasteiger partial charge < -0.3 is 19.9 Å². The Hall–Kier alpha value is -3.23. The van der Waals surface area contributed by atoms with E-state index < -0.39 is 0 Å². The summed E-state index contributed by atoms with van der Waals surface area (Å²) in [7, 11) is 1.83. The zero-order valence-electron chi connectivity index (χ0n) is 17.8. The highest BCUT2D eigenvalue weighted by molar-refractivity contribution is 5.92. The zero-order valence-corrected chi connectivity index (χ0v) is 17.8. The number of amides is 1. The van der Waals surface area contributed by atoms with E-state index in [4.69, 9.17) is 4.74 Å². The number of ether oxygens (including phenoxy) is 1. The van der Waals surface area contributed by atoms with Crippen LogP contribution in [0.15, 0.2) is 53.3 Å². The van der Waals surface area contributed by atoms with Crippen molar-refractivity contribution >= 4 is 28.2 Å². The van der Waals surface area contributed by atoms with Crippen molar-refractivity contribution < 1.29 is 9.53 Å². The normalized spacial score (nSPS) is 15.3. The summed E-state index contributed by atoms with van der Waals surface area (Å²) in [6.45, 7) is 5.31. The first kappa shape index (κ1) is 21.0. The lowest BCUT2D eigenvalue weighted by atomic mass is 10.2. The molecule has 8 nitrogen and oxygen atoms in total. The van der Waals surface area contributed by atoms with E-state index in [1.165, 1.54) is 0 Å². The van der Waals surface area contributed by atoms with Gasteiger partial charge in [0.15, 0.2) is 0 Å². The monoisotopic (exact) mass is 421 g/mol. The topological polar surface area (TPSA) is 90.6 Å². The molecule has 0 radical (unpaired) electrons. The number of rotatable bonds is 6. The minimum Gasteiger partial charge on any atom is -0.378 e. The Kier molecular flexibility index (Phi) is 6.29. The molecule has 0 saturated carbocycles. The molecule has 2 aromatic carbocycles. The molecule has 8 heteroatoms. The van der Waals surface area contributed by atoms with Crippen molar-refractivity contribution in [3.8, 4) is 0 Å². The van der Waals surface area contributed by atoms with Crippen LogP contribution in [-0.2, 0) is 9.53 Å². The van der Waals surface area contributed by atoms with E-state index in [9.17, 15) is 9.59 Å². The Morgan fingerprint density at radius 2 is 1.90 bits per heavy atom. The lowest BCUT2D eigenvalue weighted by molar-refractivity contribution is -0.117. The van der Waals surface area contributed by atoms with E-state index in [0.717, 1.165) is 37.7 Å². The van der Waals surface area contributed by atoms with E-state index in [1.807, 2.05) is 61.3 Å². The summed E-state index contributed by atoms with van der Waals surface area (Å²) in [5.41, 5.74) is 2.34. The van der Waals surface area contributed by atoms with Crippen LogP contribution in [0.3, 0.4) is 0 Å². The zero-order chi connectivity index (χ0) is 21.8. The van der Waals surface area contributed by atoms with Gasteiger partial charge >= 0.3 is 0 Å². The molecule has 1 aliphatic rings. The van der Waals surface area contributed by atoms with Gasteiger partial charge in [-0.3, -0.25) is 14.5 Å². The van der Waals surface area contributed by atoms with Gasteiger partial charge in [0.25, 0.3) is 5.56 Å². The van der Waals surface area contributed by atoms with Crippen molar-refractivity contribution in [3.05, 3.63) is 64.7 Å². The van der Waals surface area contributed by atoms with E-state index in [2.05, 4.69) is 20.2 Å². The third-order valence-corrected chi connectivity index (χ3v) is 5.61. The summed E-state index contributed by atoms with van der Waals surface area (Å²) in [6, 6.07) is 14.8. The molecule has 0 bridgehead atoms. The van der Waals surface area contributed by atoms with Gasteiger partial charge in [0, 0.05) is 24.5 Å². The van der Waals surface area contributed by atoms with E-state index in [-0.39, 0.29) is 24.1 Å². The Morgan fingerprint density at radius 3 is 2.65 bits per heavy atom. The number of nitrogens with zero attached hydrogens (tertiary/aromatic N) is 3. The van der Waals surface area contributed by atoms with Gasteiger partial charge in [-0.15, -0.1) is 0 Å². The number of aromatic nitrogens is 2. The van der Waals surface area contributed by atoms with Crippen molar-refractivity contribution in [3.63, 3.8) is 0 Å². The van der Waals surface area contributed by atoms with Crippen LogP contribution in [0.5, 0.6) is 0 Å². The second-order valence-corrected chi connectivity index (χ2v) is 7.75. The number of likely N-dealkylation sites (N-methyl/N-ethyl adjacent to an activating group) is 1. The molecule has 1 aromatic heterocycles. The van der Waals surface area contributed by atoms with Gasteiger partial charge in [-0.05, 0) is 50.4 Å². The maximum absolute atomic E-state index is 12.6. The number of hydrogen-bond acceptors (Lipinski definition) is 6. The molecule has 1 fully saturated rings. The Labute approximate surface area is 180 Å². The third kappa shape index (κ3) is 4.92.